The molecular weight excluding hydrogens is 332 g/mol. The Labute approximate surface area is 170 Å². The molecule has 0 rings (SSSR count). The van der Waals surface area contributed by atoms with Gasteiger partial charge in [-0.25, -0.2) is 5.01 Å². The Balaban J connectivity index is 3.28. The van der Waals surface area contributed by atoms with E-state index in [-0.39, 0.29) is 5.91 Å². The number of carbonyl (C=O) groups is 1. The zero-order chi connectivity index (χ0) is 20.2. The summed E-state index contributed by atoms with van der Waals surface area (Å²) >= 11 is 0. The van der Waals surface area contributed by atoms with Crippen molar-refractivity contribution < 1.29 is 4.79 Å². The van der Waals surface area contributed by atoms with Crippen LogP contribution in [0.3, 0.4) is 0 Å². The highest BCUT2D eigenvalue weighted by Crippen LogP contribution is 2.13. The minimum absolute atomic E-state index is 0.0617. The van der Waals surface area contributed by atoms with Crippen LogP contribution in [0.2, 0.25) is 0 Å². The number of unbranched alkanes of at least 4 members (excludes halogenated alkanes) is 15. The number of rotatable bonds is 20. The number of amides is 1. The summed E-state index contributed by atoms with van der Waals surface area (Å²) in [5.74, 6) is -0.0617. The molecule has 160 valence electrons. The second kappa shape index (κ2) is 19.9. The smallest absolute Gasteiger partial charge is 0.260 e. The Kier molecular flexibility index (Phi) is 19.3. The topological polar surface area (TPSA) is 32.3 Å². The van der Waals surface area contributed by atoms with E-state index in [9.17, 15) is 4.79 Å². The summed E-state index contributed by atoms with van der Waals surface area (Å²) < 4.78 is 0. The van der Waals surface area contributed by atoms with Gasteiger partial charge >= 0.3 is 0 Å². The molecule has 0 aromatic rings. The highest BCUT2D eigenvalue weighted by Gasteiger charge is 2.07. The molecule has 0 aliphatic heterocycles. The van der Waals surface area contributed by atoms with E-state index in [1.54, 1.807) is 6.92 Å². The number of hydrogen-bond donors (Lipinski definition) is 1. The van der Waals surface area contributed by atoms with Gasteiger partial charge in [0.15, 0.2) is 0 Å². The Morgan fingerprint density at radius 1 is 0.704 bits per heavy atom. The van der Waals surface area contributed by atoms with Crippen LogP contribution in [0.5, 0.6) is 0 Å². The Morgan fingerprint density at radius 3 is 1.41 bits per heavy atom. The molecule has 0 spiro atoms. The van der Waals surface area contributed by atoms with E-state index in [2.05, 4.69) is 25.9 Å². The average Bonchev–Trinajstić information content (AvgIpc) is 2.66. The van der Waals surface area contributed by atoms with Crippen LogP contribution in [0.1, 0.15) is 124 Å². The summed E-state index contributed by atoms with van der Waals surface area (Å²) in [6.45, 7) is 11.6. The number of hydrazine groups is 1. The fourth-order valence-electron chi connectivity index (χ4n) is 3.38. The van der Waals surface area contributed by atoms with E-state index in [1.165, 1.54) is 96.3 Å². The summed E-state index contributed by atoms with van der Waals surface area (Å²) in [6, 6.07) is 0. The lowest BCUT2D eigenvalue weighted by Gasteiger charge is -2.21. The van der Waals surface area contributed by atoms with Crippen molar-refractivity contribution >= 4 is 5.91 Å². The Hall–Kier alpha value is -0.830. The molecule has 27 heavy (non-hydrogen) atoms. The molecule has 0 aromatic carbocycles. The molecule has 1 N–H and O–H groups in total. The van der Waals surface area contributed by atoms with E-state index in [4.69, 9.17) is 0 Å². The molecule has 0 aromatic heterocycles. The van der Waals surface area contributed by atoms with Crippen LogP contribution in [-0.4, -0.2) is 24.0 Å². The van der Waals surface area contributed by atoms with Gasteiger partial charge in [-0.1, -0.05) is 117 Å². The third kappa shape index (κ3) is 18.3. The molecule has 0 unspecified atom stereocenters. The van der Waals surface area contributed by atoms with Crippen LogP contribution in [0, 0.1) is 0 Å². The molecule has 0 radical (unpaired) electrons. The summed E-state index contributed by atoms with van der Waals surface area (Å²) in [7, 11) is 0. The normalized spacial score (nSPS) is 11.1. The van der Waals surface area contributed by atoms with E-state index >= 15 is 0 Å². The van der Waals surface area contributed by atoms with Crippen LogP contribution >= 0.6 is 0 Å². The van der Waals surface area contributed by atoms with Crippen LogP contribution in [-0.2, 0) is 4.79 Å². The minimum Gasteiger partial charge on any atom is -0.285 e. The zero-order valence-electron chi connectivity index (χ0n) is 18.8. The van der Waals surface area contributed by atoms with Gasteiger partial charge in [0, 0.05) is 18.7 Å². The third-order valence-corrected chi connectivity index (χ3v) is 5.31. The Morgan fingerprint density at radius 2 is 1.07 bits per heavy atom. The predicted molar refractivity (Wildman–Crippen MR) is 120 cm³/mol. The Bertz CT molecular complexity index is 354. The van der Waals surface area contributed by atoms with Crippen LogP contribution in [0.15, 0.2) is 12.2 Å². The van der Waals surface area contributed by atoms with E-state index in [0.717, 1.165) is 19.5 Å². The van der Waals surface area contributed by atoms with Crippen molar-refractivity contribution in [2.75, 3.05) is 13.1 Å². The van der Waals surface area contributed by atoms with Gasteiger partial charge in [0.1, 0.15) is 0 Å². The van der Waals surface area contributed by atoms with E-state index in [1.807, 2.05) is 5.01 Å². The molecule has 0 bridgehead atoms. The van der Waals surface area contributed by atoms with Crippen molar-refractivity contribution in [3.8, 4) is 0 Å². The molecule has 0 fully saturated rings. The number of carbonyl (C=O) groups excluding carboxylic acids is 1. The lowest BCUT2D eigenvalue weighted by atomic mass is 10.0. The fraction of sp³-hybridized carbons (Fsp3) is 0.875. The van der Waals surface area contributed by atoms with Gasteiger partial charge in [-0.15, -0.1) is 0 Å². The number of nitrogens with one attached hydrogen (secondary N) is 1. The molecule has 3 heteroatoms. The molecular formula is C24H48N2O. The molecule has 1 amide bonds. The van der Waals surface area contributed by atoms with Gasteiger partial charge in [-0.05, 0) is 13.3 Å². The van der Waals surface area contributed by atoms with Gasteiger partial charge in [-0.2, -0.15) is 0 Å². The molecule has 0 saturated heterocycles. The maximum atomic E-state index is 11.6. The summed E-state index contributed by atoms with van der Waals surface area (Å²) in [5, 5.41) is 2.00. The van der Waals surface area contributed by atoms with Gasteiger partial charge in [-0.3, -0.25) is 10.2 Å². The summed E-state index contributed by atoms with van der Waals surface area (Å²) in [5.41, 5.74) is 3.48. The van der Waals surface area contributed by atoms with E-state index < -0.39 is 0 Å². The standard InChI is InChI=1S/C24H48N2O/c1-5-7-8-9-10-11-12-13-14-15-16-17-18-19-20-21-22-26(6-2)25-24(27)23(3)4/h3,5-22H2,1-2,4H3,(H,25,27). The molecule has 0 heterocycles. The summed E-state index contributed by atoms with van der Waals surface area (Å²) in [6.07, 6.45) is 22.2. The van der Waals surface area contributed by atoms with E-state index in [0.29, 0.717) is 5.57 Å². The van der Waals surface area contributed by atoms with Crippen molar-refractivity contribution in [1.82, 2.24) is 10.4 Å². The monoisotopic (exact) mass is 380 g/mol. The van der Waals surface area contributed by atoms with Gasteiger partial charge in [0.25, 0.3) is 5.91 Å². The van der Waals surface area contributed by atoms with Crippen molar-refractivity contribution in [3.05, 3.63) is 12.2 Å². The quantitative estimate of drug-likeness (QED) is 0.138. The first-order valence-corrected chi connectivity index (χ1v) is 11.8. The molecule has 0 saturated carbocycles. The molecule has 0 atom stereocenters. The fourth-order valence-corrected chi connectivity index (χ4v) is 3.38. The molecule has 0 aliphatic rings. The van der Waals surface area contributed by atoms with Crippen LogP contribution in [0.25, 0.3) is 0 Å². The molecule has 0 aliphatic carbocycles. The number of nitrogens with zero attached hydrogens (tertiary/aromatic N) is 1. The maximum absolute atomic E-state index is 11.6. The van der Waals surface area contributed by atoms with Crippen molar-refractivity contribution in [3.63, 3.8) is 0 Å². The highest BCUT2D eigenvalue weighted by molar-refractivity contribution is 5.91. The lowest BCUT2D eigenvalue weighted by Crippen LogP contribution is -2.42. The van der Waals surface area contributed by atoms with Crippen molar-refractivity contribution in [2.45, 2.75) is 124 Å². The van der Waals surface area contributed by atoms with Crippen molar-refractivity contribution in [1.29, 1.82) is 0 Å². The van der Waals surface area contributed by atoms with Gasteiger partial charge < -0.3 is 0 Å². The van der Waals surface area contributed by atoms with Crippen LogP contribution in [0.4, 0.5) is 0 Å². The predicted octanol–water partition coefficient (Wildman–Crippen LogP) is 7.18. The zero-order valence-corrected chi connectivity index (χ0v) is 18.8. The second-order valence-corrected chi connectivity index (χ2v) is 8.10. The first-order valence-electron chi connectivity index (χ1n) is 11.8. The third-order valence-electron chi connectivity index (χ3n) is 5.31. The maximum Gasteiger partial charge on any atom is 0.260 e. The number of hydrogen-bond acceptors (Lipinski definition) is 2. The minimum atomic E-state index is -0.0617. The van der Waals surface area contributed by atoms with Gasteiger partial charge in [0.05, 0.1) is 0 Å². The average molecular weight is 381 g/mol. The van der Waals surface area contributed by atoms with Crippen LogP contribution < -0.4 is 5.43 Å². The van der Waals surface area contributed by atoms with Gasteiger partial charge in [0.2, 0.25) is 0 Å². The van der Waals surface area contributed by atoms with Crippen molar-refractivity contribution in [2.24, 2.45) is 0 Å². The highest BCUT2D eigenvalue weighted by atomic mass is 16.2. The lowest BCUT2D eigenvalue weighted by molar-refractivity contribution is -0.122. The molecule has 3 nitrogen and oxygen atoms in total. The first-order chi connectivity index (χ1) is 13.1. The second-order valence-electron chi connectivity index (χ2n) is 8.10. The first kappa shape index (κ1) is 26.2. The summed E-state index contributed by atoms with van der Waals surface area (Å²) in [4.78, 5) is 11.6. The SMILES string of the molecule is C=C(C)C(=O)NN(CC)CCCCCCCCCCCCCCCCCC. The largest absolute Gasteiger partial charge is 0.285 e.